The highest BCUT2D eigenvalue weighted by molar-refractivity contribution is 8.06. The Morgan fingerprint density at radius 3 is 2.15 bits per heavy atom. The summed E-state index contributed by atoms with van der Waals surface area (Å²) in [7, 11) is 1.84. The quantitative estimate of drug-likeness (QED) is 0.142. The predicted octanol–water partition coefficient (Wildman–Crippen LogP) is 12.2. The first-order chi connectivity index (χ1) is 22.7. The second-order valence-corrected chi connectivity index (χ2v) is 12.9. The van der Waals surface area contributed by atoms with Crippen LogP contribution in [0.2, 0.25) is 0 Å². The maximum Gasteiger partial charge on any atom is 0.0863 e. The molecule has 0 saturated heterocycles. The molecule has 0 saturated carbocycles. The van der Waals surface area contributed by atoms with Crippen molar-refractivity contribution < 1.29 is 5.11 Å². The van der Waals surface area contributed by atoms with Gasteiger partial charge in [0.2, 0.25) is 0 Å². The van der Waals surface area contributed by atoms with Gasteiger partial charge in [-0.25, -0.2) is 0 Å². The number of unbranched alkanes of at least 4 members (excludes halogenated alkanes) is 1. The monoisotopic (exact) mass is 654 g/mol. The van der Waals surface area contributed by atoms with Crippen molar-refractivity contribution in [3.8, 4) is 0 Å². The van der Waals surface area contributed by atoms with E-state index in [-0.39, 0.29) is 5.76 Å². The Labute approximate surface area is 292 Å². The molecular formula is C43H62N2OS. The van der Waals surface area contributed by atoms with Gasteiger partial charge < -0.3 is 15.3 Å². The van der Waals surface area contributed by atoms with E-state index in [2.05, 4.69) is 143 Å². The predicted molar refractivity (Wildman–Crippen MR) is 213 cm³/mol. The Morgan fingerprint density at radius 1 is 0.894 bits per heavy atom. The van der Waals surface area contributed by atoms with Gasteiger partial charge in [0.1, 0.15) is 0 Å². The average Bonchev–Trinajstić information content (AvgIpc) is 3.08. The van der Waals surface area contributed by atoms with Crippen molar-refractivity contribution in [3.05, 3.63) is 141 Å². The lowest BCUT2D eigenvalue weighted by Crippen LogP contribution is -2.23. The number of aliphatic hydroxyl groups excluding tert-OH is 1. The Morgan fingerprint density at radius 2 is 1.57 bits per heavy atom. The third-order valence-corrected chi connectivity index (χ3v) is 8.85. The van der Waals surface area contributed by atoms with Gasteiger partial charge in [-0.2, -0.15) is 0 Å². The molecule has 0 radical (unpaired) electrons. The molecule has 256 valence electrons. The first-order valence-corrected chi connectivity index (χ1v) is 18.2. The van der Waals surface area contributed by atoms with Crippen LogP contribution in [0.3, 0.4) is 0 Å². The summed E-state index contributed by atoms with van der Waals surface area (Å²) in [4.78, 5) is 3.75. The van der Waals surface area contributed by atoms with Crippen LogP contribution >= 0.6 is 11.8 Å². The molecule has 0 atom stereocenters. The van der Waals surface area contributed by atoms with Crippen LogP contribution in [0.15, 0.2) is 108 Å². The van der Waals surface area contributed by atoms with Crippen molar-refractivity contribution in [1.82, 2.24) is 10.2 Å². The second kappa shape index (κ2) is 24.7. The van der Waals surface area contributed by atoms with Crippen LogP contribution < -0.4 is 5.32 Å². The van der Waals surface area contributed by atoms with E-state index >= 15 is 0 Å². The zero-order chi connectivity index (χ0) is 35.0. The number of hydrogen-bond donors (Lipinski definition) is 2. The minimum Gasteiger partial charge on any atom is -0.513 e. The molecule has 0 aliphatic heterocycles. The van der Waals surface area contributed by atoms with E-state index in [0.717, 1.165) is 43.9 Å². The topological polar surface area (TPSA) is 35.5 Å². The van der Waals surface area contributed by atoms with Crippen LogP contribution in [0.5, 0.6) is 0 Å². The van der Waals surface area contributed by atoms with Crippen molar-refractivity contribution in [2.45, 2.75) is 93.5 Å². The number of rotatable bonds is 17. The SMILES string of the molecule is C=C(O)CCNC.C=C(S/C(C)=C(\C)c1ccc(C)c(CCC)c1)N(CCc1ccccc1)Cc1ccc(C=CCCC)cc1.CC. The third kappa shape index (κ3) is 16.8. The Balaban J connectivity index is 0.00000108. The molecule has 3 nitrogen and oxygen atoms in total. The number of aliphatic hydroxyl groups is 1. The van der Waals surface area contributed by atoms with E-state index < -0.39 is 0 Å². The molecule has 0 aliphatic carbocycles. The molecule has 0 bridgehead atoms. The van der Waals surface area contributed by atoms with Gasteiger partial charge in [0.25, 0.3) is 0 Å². The van der Waals surface area contributed by atoms with Crippen LogP contribution in [0, 0.1) is 6.92 Å². The van der Waals surface area contributed by atoms with Gasteiger partial charge in [-0.3, -0.25) is 0 Å². The summed E-state index contributed by atoms with van der Waals surface area (Å²) >= 11 is 1.81. The summed E-state index contributed by atoms with van der Waals surface area (Å²) in [5, 5.41) is 12.4. The summed E-state index contributed by atoms with van der Waals surface area (Å²) in [6.07, 6.45) is 10.7. The van der Waals surface area contributed by atoms with Crippen LogP contribution in [0.4, 0.5) is 0 Å². The lowest BCUT2D eigenvalue weighted by atomic mass is 9.98. The molecule has 0 aromatic heterocycles. The number of nitrogens with zero attached hydrogens (tertiary/aromatic N) is 1. The number of nitrogens with one attached hydrogen (secondary N) is 1. The normalized spacial score (nSPS) is 11.1. The minimum atomic E-state index is 0.245. The van der Waals surface area contributed by atoms with Crippen LogP contribution in [0.25, 0.3) is 11.6 Å². The van der Waals surface area contributed by atoms with Crippen LogP contribution in [-0.4, -0.2) is 30.1 Å². The van der Waals surface area contributed by atoms with Crippen LogP contribution in [-0.2, 0) is 19.4 Å². The van der Waals surface area contributed by atoms with E-state index in [1.807, 2.05) is 20.9 Å². The van der Waals surface area contributed by atoms with E-state index in [1.165, 1.54) is 56.7 Å². The van der Waals surface area contributed by atoms with Crippen molar-refractivity contribution in [3.63, 3.8) is 0 Å². The molecule has 2 N–H and O–H groups in total. The summed E-state index contributed by atoms with van der Waals surface area (Å²) in [5.74, 6) is 0.245. The molecule has 3 aromatic carbocycles. The van der Waals surface area contributed by atoms with Crippen LogP contribution in [0.1, 0.15) is 101 Å². The number of thioether (sulfide) groups is 1. The number of hydrogen-bond acceptors (Lipinski definition) is 4. The Bertz CT molecular complexity index is 1370. The van der Waals surface area contributed by atoms with E-state index in [9.17, 15) is 0 Å². The second-order valence-electron chi connectivity index (χ2n) is 11.6. The molecule has 0 amide bonds. The van der Waals surface area contributed by atoms with Gasteiger partial charge in [0.05, 0.1) is 10.8 Å². The van der Waals surface area contributed by atoms with Gasteiger partial charge in [0.15, 0.2) is 0 Å². The van der Waals surface area contributed by atoms with Crippen molar-refractivity contribution >= 4 is 23.4 Å². The Kier molecular flexibility index (Phi) is 21.8. The molecule has 0 spiro atoms. The molecule has 0 aliphatic rings. The van der Waals surface area contributed by atoms with Gasteiger partial charge in [-0.15, -0.1) is 0 Å². The molecule has 4 heteroatoms. The fraction of sp³-hybridized carbons (Fsp3) is 0.395. The largest absolute Gasteiger partial charge is 0.513 e. The summed E-state index contributed by atoms with van der Waals surface area (Å²) in [6.45, 7) is 25.6. The molecular weight excluding hydrogens is 593 g/mol. The molecule has 0 heterocycles. The number of benzene rings is 3. The first-order valence-electron chi connectivity index (χ1n) is 17.4. The lowest BCUT2D eigenvalue weighted by Gasteiger charge is -2.27. The molecule has 3 rings (SSSR count). The molecule has 3 aromatic rings. The fourth-order valence-corrected chi connectivity index (χ4v) is 5.68. The number of aryl methyl sites for hydroxylation is 2. The first kappa shape index (κ1) is 41.6. The summed E-state index contributed by atoms with van der Waals surface area (Å²) < 4.78 is 0. The van der Waals surface area contributed by atoms with Gasteiger partial charge >= 0.3 is 0 Å². The van der Waals surface area contributed by atoms with Crippen molar-refractivity contribution in [1.29, 1.82) is 0 Å². The van der Waals surface area contributed by atoms with Gasteiger partial charge in [0, 0.05) is 26.1 Å². The lowest BCUT2D eigenvalue weighted by molar-refractivity contribution is 0.365. The van der Waals surface area contributed by atoms with Crippen molar-refractivity contribution in [2.24, 2.45) is 0 Å². The summed E-state index contributed by atoms with van der Waals surface area (Å²) in [5.41, 5.74) is 9.43. The average molecular weight is 655 g/mol. The van der Waals surface area contributed by atoms with Gasteiger partial charge in [-0.1, -0.05) is 150 Å². The van der Waals surface area contributed by atoms with Gasteiger partial charge in [-0.05, 0) is 90.9 Å². The van der Waals surface area contributed by atoms with E-state index in [4.69, 9.17) is 5.11 Å². The molecule has 47 heavy (non-hydrogen) atoms. The van der Waals surface area contributed by atoms with Crippen molar-refractivity contribution in [2.75, 3.05) is 20.1 Å². The molecule has 0 fully saturated rings. The highest BCUT2D eigenvalue weighted by Gasteiger charge is 2.13. The fourth-order valence-electron chi connectivity index (χ4n) is 4.78. The highest BCUT2D eigenvalue weighted by Crippen LogP contribution is 2.34. The Hall–Kier alpha value is -3.47. The number of allylic oxidation sites excluding steroid dienone is 3. The zero-order valence-electron chi connectivity index (χ0n) is 30.7. The zero-order valence-corrected chi connectivity index (χ0v) is 31.5. The van der Waals surface area contributed by atoms with E-state index in [0.29, 0.717) is 6.42 Å². The summed E-state index contributed by atoms with van der Waals surface area (Å²) in [6, 6.07) is 26.6. The molecule has 0 unspecified atom stereocenters. The van der Waals surface area contributed by atoms with E-state index in [1.54, 1.807) is 11.8 Å². The maximum atomic E-state index is 8.45. The standard InChI is InChI=1S/C36H45NS.C5H11NO.C2H6/c1-7-9-11-15-33-19-21-34(22-20-33)27-37(25-24-32-16-12-10-13-17-32)31(6)38-30(5)29(4)36-23-18-28(3)35(26-36)14-8-2;1-5(7)3-4-6-2;1-2/h10-13,15-23,26H,6-9,14,24-25,27H2,1-5H3;6-7H,1,3-4H2,2H3;1-2H3/b15-11?,30-29+;;. The smallest absolute Gasteiger partial charge is 0.0863 e. The maximum absolute atomic E-state index is 8.45. The minimum absolute atomic E-state index is 0.245. The third-order valence-electron chi connectivity index (χ3n) is 7.75. The highest BCUT2D eigenvalue weighted by atomic mass is 32.2.